The first-order valence-electron chi connectivity index (χ1n) is 23.0. The molecule has 6 heteroatoms. The predicted molar refractivity (Wildman–Crippen MR) is 260 cm³/mol. The van der Waals surface area contributed by atoms with Crippen LogP contribution in [-0.2, 0) is 25.5 Å². The third kappa shape index (κ3) is 8.19. The van der Waals surface area contributed by atoms with E-state index in [2.05, 4.69) is 131 Å². The monoisotopic (exact) mass is 1010 g/mol. The Hall–Kier alpha value is -6.64. The Labute approximate surface area is 394 Å². The number of nitrogens with zero attached hydrogens (tertiary/aromatic N) is 4. The first-order valence-corrected chi connectivity index (χ1v) is 21.5. The Balaban J connectivity index is 0.000000303. The molecule has 5 nitrogen and oxygen atoms in total. The van der Waals surface area contributed by atoms with E-state index >= 15 is 0 Å². The van der Waals surface area contributed by atoms with E-state index in [0.29, 0.717) is 38.9 Å². The van der Waals surface area contributed by atoms with Gasteiger partial charge in [0.05, 0.1) is 34.1 Å². The van der Waals surface area contributed by atoms with Crippen LogP contribution in [0.2, 0.25) is 0 Å². The number of fused-ring (bicyclic) bond motifs is 6. The summed E-state index contributed by atoms with van der Waals surface area (Å²) in [5.74, 6) is 0.982. The smallest absolute Gasteiger partial charge is 0.128 e. The van der Waals surface area contributed by atoms with Gasteiger partial charge in [-0.1, -0.05) is 127 Å². The molecule has 3 aromatic heterocycles. The number of hydrogen-bond donors (Lipinski definition) is 0. The minimum Gasteiger partial charge on any atom is -0.500 e. The van der Waals surface area contributed by atoms with E-state index in [0.717, 1.165) is 49.9 Å². The number of aromatic nitrogens is 3. The molecule has 0 aliphatic heterocycles. The Morgan fingerprint density at radius 1 is 0.750 bits per heavy atom. The summed E-state index contributed by atoms with van der Waals surface area (Å²) in [4.78, 5) is 9.62. The van der Waals surface area contributed by atoms with Crippen molar-refractivity contribution in [3.05, 3.63) is 186 Å². The van der Waals surface area contributed by atoms with E-state index in [1.54, 1.807) is 12.1 Å². The molecule has 1 radical (unpaired) electrons. The maximum atomic E-state index is 9.52. The van der Waals surface area contributed by atoms with Crippen molar-refractivity contribution in [2.24, 2.45) is 0 Å². The van der Waals surface area contributed by atoms with E-state index in [-0.39, 0.29) is 42.9 Å². The van der Waals surface area contributed by atoms with E-state index in [4.69, 9.17) is 13.5 Å². The normalized spacial score (nSPS) is 12.5. The van der Waals surface area contributed by atoms with Gasteiger partial charge in [0.15, 0.2) is 0 Å². The summed E-state index contributed by atoms with van der Waals surface area (Å²) >= 11 is 0. The summed E-state index contributed by atoms with van der Waals surface area (Å²) in [7, 11) is 0. The van der Waals surface area contributed by atoms with Crippen molar-refractivity contribution in [1.29, 1.82) is 5.26 Å². The van der Waals surface area contributed by atoms with Gasteiger partial charge in [0.2, 0.25) is 0 Å². The van der Waals surface area contributed by atoms with Crippen molar-refractivity contribution >= 4 is 43.7 Å². The molecule has 10 rings (SSSR count). The number of furan rings is 1. The number of nitriles is 1. The van der Waals surface area contributed by atoms with Gasteiger partial charge >= 0.3 is 0 Å². The van der Waals surface area contributed by atoms with Crippen LogP contribution in [0.25, 0.3) is 83.2 Å². The average molecular weight is 1010 g/mol. The zero-order chi connectivity index (χ0) is 46.5. The Bertz CT molecular complexity index is 3440. The van der Waals surface area contributed by atoms with E-state index < -0.39 is 6.85 Å². The van der Waals surface area contributed by atoms with Gasteiger partial charge in [-0.3, -0.25) is 4.98 Å². The van der Waals surface area contributed by atoms with E-state index in [1.165, 1.54) is 16.7 Å². The van der Waals surface area contributed by atoms with Crippen LogP contribution in [0.5, 0.6) is 0 Å². The number of rotatable bonds is 6. The van der Waals surface area contributed by atoms with Gasteiger partial charge in [-0.05, 0) is 105 Å². The zero-order valence-electron chi connectivity index (χ0n) is 40.0. The van der Waals surface area contributed by atoms with Crippen LogP contribution in [-0.4, -0.2) is 14.5 Å². The van der Waals surface area contributed by atoms with Crippen LogP contribution in [0.3, 0.4) is 0 Å². The molecule has 0 spiro atoms. The van der Waals surface area contributed by atoms with Crippen molar-refractivity contribution in [3.63, 3.8) is 0 Å². The summed E-state index contributed by atoms with van der Waals surface area (Å²) in [6.07, 6.45) is 1.87. The fourth-order valence-electron chi connectivity index (χ4n) is 8.48. The van der Waals surface area contributed by atoms with E-state index in [9.17, 15) is 5.26 Å². The molecule has 10 aromatic rings. The van der Waals surface area contributed by atoms with Crippen LogP contribution in [0, 0.1) is 30.3 Å². The van der Waals surface area contributed by atoms with Gasteiger partial charge in [-0.2, -0.15) is 5.26 Å². The topological polar surface area (TPSA) is 67.6 Å². The second-order valence-corrected chi connectivity index (χ2v) is 17.8. The molecule has 0 aliphatic carbocycles. The van der Waals surface area contributed by atoms with Crippen LogP contribution in [0.4, 0.5) is 0 Å². The van der Waals surface area contributed by atoms with Crippen molar-refractivity contribution in [2.45, 2.75) is 72.6 Å². The molecule has 64 heavy (non-hydrogen) atoms. The second-order valence-electron chi connectivity index (χ2n) is 17.8. The molecule has 0 amide bonds. The fraction of sp³-hybridized carbons (Fsp3) is 0.190. The number of benzene rings is 7. The second kappa shape index (κ2) is 17.9. The summed E-state index contributed by atoms with van der Waals surface area (Å²) in [6, 6.07) is 54.9. The molecule has 319 valence electrons. The molecule has 0 aliphatic rings. The molecular formula is C58H50IrN4O-2. The minimum atomic E-state index is -2.41. The molecule has 0 N–H and O–H groups in total. The van der Waals surface area contributed by atoms with Crippen LogP contribution in [0.1, 0.15) is 92.2 Å². The Kier molecular flexibility index (Phi) is 11.2. The number of hydrogen-bond acceptors (Lipinski definition) is 4. The molecule has 0 saturated heterocycles. The number of imidazole rings is 1. The SMILES string of the molecule is CC(C)(C)c1ccnc(-c2[c-]cccc2)c1.[2H]C([2H])([2H])c1c[c-]c(-c2nc3ccccc3n2-c2c(C(C)C)cc(-c3ccccc3)cc2C(C)C)c2oc3c4ccc(C#N)cc4ccc3c12.[Ir]. The summed E-state index contributed by atoms with van der Waals surface area (Å²) < 4.78 is 34.4. The predicted octanol–water partition coefficient (Wildman–Crippen LogP) is 15.5. The summed E-state index contributed by atoms with van der Waals surface area (Å²) in [5.41, 5.74) is 13.3. The van der Waals surface area contributed by atoms with Crippen molar-refractivity contribution in [1.82, 2.24) is 14.5 Å². The van der Waals surface area contributed by atoms with Gasteiger partial charge < -0.3 is 14.0 Å². The average Bonchev–Trinajstić information content (AvgIpc) is 3.90. The third-order valence-corrected chi connectivity index (χ3v) is 11.8. The van der Waals surface area contributed by atoms with Gasteiger partial charge in [0.1, 0.15) is 5.58 Å². The number of aryl methyl sites for hydroxylation is 1. The van der Waals surface area contributed by atoms with Gasteiger partial charge in [-0.25, -0.2) is 0 Å². The Morgan fingerprint density at radius 3 is 2.16 bits per heavy atom. The van der Waals surface area contributed by atoms with Crippen molar-refractivity contribution in [2.75, 3.05) is 0 Å². The molecule has 0 bridgehead atoms. The van der Waals surface area contributed by atoms with Gasteiger partial charge in [0, 0.05) is 46.9 Å². The fourth-order valence-corrected chi connectivity index (χ4v) is 8.48. The van der Waals surface area contributed by atoms with Gasteiger partial charge in [-0.15, -0.1) is 53.6 Å². The summed E-state index contributed by atoms with van der Waals surface area (Å²) in [6.45, 7) is 13.1. The quantitative estimate of drug-likeness (QED) is 0.156. The number of pyridine rings is 1. The third-order valence-electron chi connectivity index (χ3n) is 11.8. The first kappa shape index (κ1) is 40.2. The van der Waals surface area contributed by atoms with Gasteiger partial charge in [0.25, 0.3) is 0 Å². The maximum Gasteiger partial charge on any atom is 0.128 e. The maximum absolute atomic E-state index is 9.52. The van der Waals surface area contributed by atoms with Crippen molar-refractivity contribution < 1.29 is 28.6 Å². The first-order chi connectivity index (χ1) is 31.6. The molecule has 0 fully saturated rings. The van der Waals surface area contributed by atoms with Crippen LogP contribution >= 0.6 is 0 Å². The summed E-state index contributed by atoms with van der Waals surface area (Å²) in [5, 5.41) is 12.4. The minimum absolute atomic E-state index is 0. The molecule has 0 saturated carbocycles. The number of para-hydroxylation sites is 2. The largest absolute Gasteiger partial charge is 0.500 e. The molecule has 0 atom stereocenters. The van der Waals surface area contributed by atoms with Crippen molar-refractivity contribution in [3.8, 4) is 45.5 Å². The molecule has 7 aromatic carbocycles. The molecular weight excluding hydrogens is 961 g/mol. The standard InChI is InChI=1S/C43H34N3O.C15H16N.Ir/c1-25(2)35-22-31(29-11-7-6-8-12-29)23-36(26(3)4)40(35)46-38-14-10-9-13-37(38)45-43(46)34-18-15-27(5)39-33-20-17-30-21-28(24-44)16-19-32(30)41(33)47-42(34)39;1-15(2,3)13-9-10-16-14(11-13)12-7-5-4-6-8-12;/h6-17,19-23,25-26H,1-5H3;4-7,9-11H,1-3H3;/q2*-1;/i5D3;;. The zero-order valence-corrected chi connectivity index (χ0v) is 39.4. The van der Waals surface area contributed by atoms with Crippen LogP contribution in [0.15, 0.2) is 150 Å². The Morgan fingerprint density at radius 2 is 1.47 bits per heavy atom. The molecule has 3 heterocycles. The van der Waals surface area contributed by atoms with E-state index in [1.807, 2.05) is 79.0 Å². The molecule has 0 unspecified atom stereocenters. The van der Waals surface area contributed by atoms with Crippen LogP contribution < -0.4 is 0 Å².